The van der Waals surface area contributed by atoms with Crippen LogP contribution in [0.3, 0.4) is 0 Å². The van der Waals surface area contributed by atoms with Crippen LogP contribution >= 0.6 is 0 Å². The van der Waals surface area contributed by atoms with Crippen molar-refractivity contribution in [2.24, 2.45) is 0 Å². The first kappa shape index (κ1) is 12.2. The molecule has 0 amide bonds. The van der Waals surface area contributed by atoms with Crippen LogP contribution < -0.4 is 5.73 Å². The monoisotopic (exact) mass is 244 g/mol. The van der Waals surface area contributed by atoms with Gasteiger partial charge in [-0.2, -0.15) is 0 Å². The molecule has 94 valence electrons. The molecule has 0 saturated carbocycles. The van der Waals surface area contributed by atoms with Crippen LogP contribution in [-0.2, 0) is 0 Å². The number of nitrogens with zero attached hydrogens (tertiary/aromatic N) is 1. The standard InChI is InChI=1S/C14H16N2O2/c1-9(2)16-8-7-12(13(16)14(17)18)10-3-5-11(15)6-4-10/h3-9H,15H2,1-2H3,(H,17,18). The van der Waals surface area contributed by atoms with Gasteiger partial charge in [0.1, 0.15) is 5.69 Å². The number of hydrogen-bond donors (Lipinski definition) is 2. The predicted molar refractivity (Wildman–Crippen MR) is 71.6 cm³/mol. The molecule has 2 aromatic rings. The van der Waals surface area contributed by atoms with Gasteiger partial charge in [-0.05, 0) is 37.6 Å². The lowest BCUT2D eigenvalue weighted by molar-refractivity contribution is 0.0684. The van der Waals surface area contributed by atoms with Crippen LogP contribution in [0.5, 0.6) is 0 Å². The van der Waals surface area contributed by atoms with E-state index in [4.69, 9.17) is 5.73 Å². The van der Waals surface area contributed by atoms with E-state index in [9.17, 15) is 9.90 Å². The average molecular weight is 244 g/mol. The fourth-order valence-electron chi connectivity index (χ4n) is 2.00. The molecule has 0 aliphatic rings. The highest BCUT2D eigenvalue weighted by Gasteiger charge is 2.18. The minimum atomic E-state index is -0.916. The van der Waals surface area contributed by atoms with Gasteiger partial charge in [0.25, 0.3) is 0 Å². The first-order valence-electron chi connectivity index (χ1n) is 5.80. The van der Waals surface area contributed by atoms with E-state index in [1.54, 1.807) is 22.9 Å². The topological polar surface area (TPSA) is 68.2 Å². The van der Waals surface area contributed by atoms with Crippen LogP contribution in [0.2, 0.25) is 0 Å². The van der Waals surface area contributed by atoms with Gasteiger partial charge in [-0.15, -0.1) is 0 Å². The number of hydrogen-bond acceptors (Lipinski definition) is 2. The van der Waals surface area contributed by atoms with Gasteiger partial charge in [0.15, 0.2) is 0 Å². The predicted octanol–water partition coefficient (Wildman–Crippen LogP) is 3.02. The minimum Gasteiger partial charge on any atom is -0.477 e. The van der Waals surface area contributed by atoms with E-state index in [2.05, 4.69) is 0 Å². The largest absolute Gasteiger partial charge is 0.477 e. The summed E-state index contributed by atoms with van der Waals surface area (Å²) < 4.78 is 1.76. The SMILES string of the molecule is CC(C)n1ccc(-c2ccc(N)cc2)c1C(=O)O. The van der Waals surface area contributed by atoms with E-state index in [1.165, 1.54) is 0 Å². The van der Waals surface area contributed by atoms with Gasteiger partial charge < -0.3 is 15.4 Å². The molecule has 0 radical (unpaired) electrons. The van der Waals surface area contributed by atoms with Crippen LogP contribution in [-0.4, -0.2) is 15.6 Å². The van der Waals surface area contributed by atoms with Crippen LogP contribution in [0, 0.1) is 0 Å². The lowest BCUT2D eigenvalue weighted by Gasteiger charge is -2.11. The highest BCUT2D eigenvalue weighted by atomic mass is 16.4. The maximum absolute atomic E-state index is 11.4. The maximum atomic E-state index is 11.4. The fourth-order valence-corrected chi connectivity index (χ4v) is 2.00. The Bertz CT molecular complexity index is 568. The van der Waals surface area contributed by atoms with Gasteiger partial charge in [-0.25, -0.2) is 4.79 Å². The van der Waals surface area contributed by atoms with Crippen molar-refractivity contribution in [3.63, 3.8) is 0 Å². The first-order chi connectivity index (χ1) is 8.50. The molecule has 2 rings (SSSR count). The summed E-state index contributed by atoms with van der Waals surface area (Å²) in [5.74, 6) is -0.916. The van der Waals surface area contributed by atoms with Crippen LogP contribution in [0.25, 0.3) is 11.1 Å². The number of carbonyl (C=O) groups is 1. The Balaban J connectivity index is 2.58. The molecule has 0 aliphatic heterocycles. The Labute approximate surface area is 106 Å². The quantitative estimate of drug-likeness (QED) is 0.815. The molecule has 0 spiro atoms. The number of benzene rings is 1. The third-order valence-electron chi connectivity index (χ3n) is 2.90. The van der Waals surface area contributed by atoms with E-state index in [1.807, 2.05) is 32.0 Å². The summed E-state index contributed by atoms with van der Waals surface area (Å²) in [5, 5.41) is 9.35. The van der Waals surface area contributed by atoms with Gasteiger partial charge in [0, 0.05) is 23.5 Å². The van der Waals surface area contributed by atoms with Crippen molar-refractivity contribution in [2.45, 2.75) is 19.9 Å². The van der Waals surface area contributed by atoms with Crippen molar-refractivity contribution in [1.29, 1.82) is 0 Å². The molecular weight excluding hydrogens is 228 g/mol. The van der Waals surface area contributed by atoms with E-state index in [-0.39, 0.29) is 6.04 Å². The average Bonchev–Trinajstić information content (AvgIpc) is 2.74. The molecule has 1 aromatic carbocycles. The molecule has 4 nitrogen and oxygen atoms in total. The minimum absolute atomic E-state index is 0.110. The first-order valence-corrected chi connectivity index (χ1v) is 5.80. The molecule has 0 saturated heterocycles. The van der Waals surface area contributed by atoms with Crippen molar-refractivity contribution in [1.82, 2.24) is 4.57 Å². The summed E-state index contributed by atoms with van der Waals surface area (Å²) in [4.78, 5) is 11.4. The molecular formula is C14H16N2O2. The van der Waals surface area contributed by atoms with Gasteiger partial charge in [-0.1, -0.05) is 12.1 Å². The summed E-state index contributed by atoms with van der Waals surface area (Å²) in [6.45, 7) is 3.92. The Hall–Kier alpha value is -2.23. The van der Waals surface area contributed by atoms with Gasteiger partial charge in [0.2, 0.25) is 0 Å². The number of carboxylic acids is 1. The third-order valence-corrected chi connectivity index (χ3v) is 2.90. The smallest absolute Gasteiger partial charge is 0.353 e. The molecule has 0 bridgehead atoms. The number of nitrogens with two attached hydrogens (primary N) is 1. The summed E-state index contributed by atoms with van der Waals surface area (Å²) in [6.07, 6.45) is 1.81. The molecule has 0 aliphatic carbocycles. The van der Waals surface area contributed by atoms with Crippen molar-refractivity contribution >= 4 is 11.7 Å². The lowest BCUT2D eigenvalue weighted by atomic mass is 10.1. The van der Waals surface area contributed by atoms with Crippen molar-refractivity contribution < 1.29 is 9.90 Å². The molecule has 0 atom stereocenters. The third kappa shape index (κ3) is 2.09. The Morgan fingerprint density at radius 2 is 1.83 bits per heavy atom. The van der Waals surface area contributed by atoms with Crippen LogP contribution in [0.15, 0.2) is 36.5 Å². The zero-order valence-electron chi connectivity index (χ0n) is 10.4. The van der Waals surface area contributed by atoms with E-state index >= 15 is 0 Å². The summed E-state index contributed by atoms with van der Waals surface area (Å²) in [6, 6.07) is 9.15. The lowest BCUT2D eigenvalue weighted by Crippen LogP contribution is -2.10. The van der Waals surface area contributed by atoms with Crippen molar-refractivity contribution in [2.75, 3.05) is 5.73 Å². The van der Waals surface area contributed by atoms with Crippen LogP contribution in [0.4, 0.5) is 5.69 Å². The summed E-state index contributed by atoms with van der Waals surface area (Å²) >= 11 is 0. The number of rotatable bonds is 3. The number of anilines is 1. The number of carboxylic acid groups (broad SMARTS) is 1. The summed E-state index contributed by atoms with van der Waals surface area (Å²) in [5.41, 5.74) is 8.20. The van der Waals surface area contributed by atoms with E-state index < -0.39 is 5.97 Å². The Morgan fingerprint density at radius 1 is 1.22 bits per heavy atom. The fraction of sp³-hybridized carbons (Fsp3) is 0.214. The normalized spacial score (nSPS) is 10.8. The molecule has 3 N–H and O–H groups in total. The Morgan fingerprint density at radius 3 is 2.33 bits per heavy atom. The van der Waals surface area contributed by atoms with E-state index in [0.717, 1.165) is 11.1 Å². The van der Waals surface area contributed by atoms with Crippen molar-refractivity contribution in [3.8, 4) is 11.1 Å². The maximum Gasteiger partial charge on any atom is 0.353 e. The number of aromatic nitrogens is 1. The second kappa shape index (κ2) is 4.56. The van der Waals surface area contributed by atoms with E-state index in [0.29, 0.717) is 11.4 Å². The number of nitrogen functional groups attached to an aromatic ring is 1. The van der Waals surface area contributed by atoms with Gasteiger partial charge in [0.05, 0.1) is 0 Å². The second-order valence-corrected chi connectivity index (χ2v) is 4.51. The Kier molecular flexibility index (Phi) is 3.10. The molecule has 18 heavy (non-hydrogen) atoms. The molecule has 4 heteroatoms. The molecule has 0 unspecified atom stereocenters. The van der Waals surface area contributed by atoms with Gasteiger partial charge >= 0.3 is 5.97 Å². The molecule has 1 aromatic heterocycles. The summed E-state index contributed by atoms with van der Waals surface area (Å²) in [7, 11) is 0. The molecule has 0 fully saturated rings. The zero-order valence-corrected chi connectivity index (χ0v) is 10.4. The highest BCUT2D eigenvalue weighted by molar-refractivity contribution is 5.94. The van der Waals surface area contributed by atoms with Crippen molar-refractivity contribution in [3.05, 3.63) is 42.2 Å². The van der Waals surface area contributed by atoms with Crippen LogP contribution in [0.1, 0.15) is 30.4 Å². The van der Waals surface area contributed by atoms with Gasteiger partial charge in [-0.3, -0.25) is 0 Å². The zero-order chi connectivity index (χ0) is 13.3. The second-order valence-electron chi connectivity index (χ2n) is 4.51. The number of aromatic carboxylic acids is 1. The highest BCUT2D eigenvalue weighted by Crippen LogP contribution is 2.27. The molecule has 1 heterocycles.